The lowest BCUT2D eigenvalue weighted by Crippen LogP contribution is -2.30. The average molecular weight is 1560 g/mol. The Morgan fingerprint density at radius 2 is 0.430 bits per heavy atom. The minimum absolute atomic E-state index is 0.108. The number of aliphatic hydroxyl groups excluding tert-OH is 1. The lowest BCUT2D eigenvalue weighted by Gasteiger charge is -2.21. The Balaban J connectivity index is 5.23. The Kier molecular flexibility index (Phi) is 79.2. The van der Waals surface area contributed by atoms with E-state index in [0.717, 1.165) is 95.8 Å². The van der Waals surface area contributed by atoms with E-state index in [-0.39, 0.29) is 25.7 Å². The molecule has 0 fully saturated rings. The molecule has 0 spiro atoms. The van der Waals surface area contributed by atoms with Crippen LogP contribution in [0.2, 0.25) is 0 Å². The molecule has 0 aliphatic rings. The third kappa shape index (κ3) is 81.9. The first-order chi connectivity index (χ1) is 52.0. The van der Waals surface area contributed by atoms with Gasteiger partial charge in [-0.1, -0.05) is 426 Å². The molecular formula is C88H172O17P2. The average Bonchev–Trinajstić information content (AvgIpc) is 1.03. The topological polar surface area (TPSA) is 237 Å². The van der Waals surface area contributed by atoms with E-state index in [0.29, 0.717) is 25.7 Å². The number of carbonyl (C=O) groups excluding carboxylic acids is 4. The van der Waals surface area contributed by atoms with E-state index >= 15 is 0 Å². The smallest absolute Gasteiger partial charge is 0.462 e. The third-order valence-electron chi connectivity index (χ3n) is 20.8. The van der Waals surface area contributed by atoms with Crippen LogP contribution >= 0.6 is 15.6 Å². The number of carbonyl (C=O) groups is 4. The number of aliphatic hydroxyl groups is 1. The van der Waals surface area contributed by atoms with Gasteiger partial charge < -0.3 is 33.8 Å². The van der Waals surface area contributed by atoms with Crippen LogP contribution in [0.5, 0.6) is 0 Å². The molecule has 0 aromatic carbocycles. The van der Waals surface area contributed by atoms with Crippen molar-refractivity contribution in [3.05, 3.63) is 0 Å². The second kappa shape index (κ2) is 80.7. The van der Waals surface area contributed by atoms with Gasteiger partial charge in [0.15, 0.2) is 12.2 Å². The number of hydrogen-bond donors (Lipinski definition) is 3. The molecule has 0 amide bonds. The van der Waals surface area contributed by atoms with Crippen molar-refractivity contribution >= 4 is 39.5 Å². The molecular weight excluding hydrogens is 1390 g/mol. The zero-order valence-electron chi connectivity index (χ0n) is 70.3. The summed E-state index contributed by atoms with van der Waals surface area (Å²) in [6.45, 7) is 7.35. The Morgan fingerprint density at radius 3 is 0.636 bits per heavy atom. The maximum atomic E-state index is 13.2. The normalized spacial score (nSPS) is 13.7. The Labute approximate surface area is 658 Å². The fraction of sp³-hybridized carbons (Fsp3) is 0.955. The molecule has 0 aromatic rings. The molecule has 0 aromatic heterocycles. The monoisotopic (exact) mass is 1560 g/mol. The first kappa shape index (κ1) is 105. The SMILES string of the molecule is CCCCCCCCCCCCCCCCCCCCCCCC(=O)O[C@H](COC(=O)CCCCCCCCCCCCCCCCCCCC)COP(=O)(O)OC[C@@H](O)COP(=O)(O)OC[C@@H](COC(=O)CCCCCCCCCCC(C)C)OC(=O)CCCCCCCCCCCCCCCCCCC. The van der Waals surface area contributed by atoms with Crippen molar-refractivity contribution in [3.8, 4) is 0 Å². The van der Waals surface area contributed by atoms with Crippen molar-refractivity contribution in [1.29, 1.82) is 0 Å². The molecule has 0 rings (SSSR count). The summed E-state index contributed by atoms with van der Waals surface area (Å²) in [6.07, 6.45) is 75.1. The van der Waals surface area contributed by atoms with Crippen molar-refractivity contribution < 1.29 is 80.2 Å². The van der Waals surface area contributed by atoms with Gasteiger partial charge in [-0.3, -0.25) is 37.3 Å². The van der Waals surface area contributed by atoms with Gasteiger partial charge in [0, 0.05) is 25.7 Å². The lowest BCUT2D eigenvalue weighted by molar-refractivity contribution is -0.161. The molecule has 0 heterocycles. The zero-order chi connectivity index (χ0) is 78.3. The van der Waals surface area contributed by atoms with Crippen LogP contribution in [0.4, 0.5) is 0 Å². The summed E-state index contributed by atoms with van der Waals surface area (Å²) in [5.74, 6) is -1.37. The van der Waals surface area contributed by atoms with Gasteiger partial charge in [0.2, 0.25) is 0 Å². The summed E-state index contributed by atoms with van der Waals surface area (Å²) in [5.41, 5.74) is 0. The van der Waals surface area contributed by atoms with Crippen molar-refractivity contribution in [2.45, 2.75) is 496 Å². The summed E-state index contributed by atoms with van der Waals surface area (Å²) in [7, 11) is -9.93. The van der Waals surface area contributed by atoms with Gasteiger partial charge in [0.25, 0.3) is 0 Å². The van der Waals surface area contributed by atoms with Gasteiger partial charge in [0.05, 0.1) is 26.4 Å². The van der Waals surface area contributed by atoms with Crippen molar-refractivity contribution in [2.75, 3.05) is 39.6 Å². The highest BCUT2D eigenvalue weighted by molar-refractivity contribution is 7.47. The molecule has 0 saturated carbocycles. The molecule has 0 radical (unpaired) electrons. The van der Waals surface area contributed by atoms with Gasteiger partial charge in [-0.25, -0.2) is 9.13 Å². The van der Waals surface area contributed by atoms with Crippen LogP contribution in [0.1, 0.15) is 478 Å². The van der Waals surface area contributed by atoms with Crippen LogP contribution in [0.25, 0.3) is 0 Å². The maximum Gasteiger partial charge on any atom is 0.472 e. The predicted molar refractivity (Wildman–Crippen MR) is 442 cm³/mol. The number of rotatable bonds is 88. The van der Waals surface area contributed by atoms with Gasteiger partial charge in [-0.05, 0) is 31.6 Å². The van der Waals surface area contributed by atoms with Crippen LogP contribution in [-0.2, 0) is 65.4 Å². The summed E-state index contributed by atoms with van der Waals surface area (Å²) in [6, 6.07) is 0. The summed E-state index contributed by atoms with van der Waals surface area (Å²) in [5, 5.41) is 10.7. The van der Waals surface area contributed by atoms with Crippen LogP contribution in [0, 0.1) is 5.92 Å². The fourth-order valence-corrected chi connectivity index (χ4v) is 15.4. The van der Waals surface area contributed by atoms with Crippen LogP contribution < -0.4 is 0 Å². The highest BCUT2D eigenvalue weighted by Gasteiger charge is 2.30. The van der Waals surface area contributed by atoms with Crippen LogP contribution in [-0.4, -0.2) is 96.7 Å². The number of phosphoric ester groups is 2. The number of esters is 4. The number of ether oxygens (including phenoxy) is 4. The minimum atomic E-state index is -4.97. The van der Waals surface area contributed by atoms with Crippen molar-refractivity contribution in [2.24, 2.45) is 5.92 Å². The fourth-order valence-electron chi connectivity index (χ4n) is 13.8. The Bertz CT molecular complexity index is 2030. The largest absolute Gasteiger partial charge is 0.472 e. The molecule has 19 heteroatoms. The third-order valence-corrected chi connectivity index (χ3v) is 22.7. The highest BCUT2D eigenvalue weighted by Crippen LogP contribution is 2.45. The quantitative estimate of drug-likeness (QED) is 0.0222. The van der Waals surface area contributed by atoms with Gasteiger partial charge in [-0.15, -0.1) is 0 Å². The standard InChI is InChI=1S/C88H172O17P2/c1-6-9-12-15-18-21-24-27-30-33-35-36-37-40-43-46-49-52-59-64-69-73-87(92)104-83(77-98-85(90)71-66-61-56-50-47-44-41-39-34-31-28-25-22-19-16-13-10-7-2)79-102-106(94,95)100-75-82(89)76-101-107(96,97)103-80-84(78-99-86(91)72-67-62-57-54-53-55-60-65-70-81(4)5)105-88(93)74-68-63-58-51-48-45-42-38-32-29-26-23-20-17-14-11-8-3/h81-84,89H,6-80H2,1-5H3,(H,94,95)(H,96,97)/t82-,83-,84-/m1/s1. The molecule has 5 atom stereocenters. The molecule has 0 aliphatic carbocycles. The highest BCUT2D eigenvalue weighted by atomic mass is 31.2. The summed E-state index contributed by atoms with van der Waals surface area (Å²) < 4.78 is 69.0. The van der Waals surface area contributed by atoms with E-state index < -0.39 is 97.5 Å². The van der Waals surface area contributed by atoms with E-state index in [2.05, 4.69) is 34.6 Å². The van der Waals surface area contributed by atoms with Crippen LogP contribution in [0.3, 0.4) is 0 Å². The molecule has 107 heavy (non-hydrogen) atoms. The van der Waals surface area contributed by atoms with Crippen LogP contribution in [0.15, 0.2) is 0 Å². The minimum Gasteiger partial charge on any atom is -0.462 e. The number of hydrogen-bond acceptors (Lipinski definition) is 15. The molecule has 2 unspecified atom stereocenters. The molecule has 3 N–H and O–H groups in total. The van der Waals surface area contributed by atoms with E-state index in [9.17, 15) is 43.2 Å². The number of phosphoric acid groups is 2. The van der Waals surface area contributed by atoms with E-state index in [4.69, 9.17) is 37.0 Å². The first-order valence-electron chi connectivity index (χ1n) is 45.6. The Morgan fingerprint density at radius 1 is 0.252 bits per heavy atom. The van der Waals surface area contributed by atoms with Gasteiger partial charge in [-0.2, -0.15) is 0 Å². The molecule has 0 aliphatic heterocycles. The van der Waals surface area contributed by atoms with Crippen molar-refractivity contribution in [1.82, 2.24) is 0 Å². The lowest BCUT2D eigenvalue weighted by atomic mass is 10.0. The predicted octanol–water partition coefficient (Wildman–Crippen LogP) is 27.2. The van der Waals surface area contributed by atoms with E-state index in [1.165, 1.54) is 302 Å². The maximum absolute atomic E-state index is 13.2. The zero-order valence-corrected chi connectivity index (χ0v) is 72.1. The number of unbranched alkanes of at least 4 members (excludes halogenated alkanes) is 60. The van der Waals surface area contributed by atoms with Gasteiger partial charge in [0.1, 0.15) is 19.3 Å². The second-order valence-corrected chi connectivity index (χ2v) is 35.0. The van der Waals surface area contributed by atoms with Gasteiger partial charge >= 0.3 is 39.5 Å². The first-order valence-corrected chi connectivity index (χ1v) is 48.6. The van der Waals surface area contributed by atoms with E-state index in [1.807, 2.05) is 0 Å². The van der Waals surface area contributed by atoms with Crippen molar-refractivity contribution in [3.63, 3.8) is 0 Å². The summed E-state index contributed by atoms with van der Waals surface area (Å²) in [4.78, 5) is 73.3. The Hall–Kier alpha value is -1.94. The second-order valence-electron chi connectivity index (χ2n) is 32.1. The van der Waals surface area contributed by atoms with E-state index in [1.54, 1.807) is 0 Å². The molecule has 0 bridgehead atoms. The summed E-state index contributed by atoms with van der Waals surface area (Å²) >= 11 is 0. The molecule has 17 nitrogen and oxygen atoms in total. The molecule has 636 valence electrons. The molecule has 0 saturated heterocycles.